The van der Waals surface area contributed by atoms with Crippen LogP contribution in [0, 0.1) is 0 Å². The van der Waals surface area contributed by atoms with Crippen molar-refractivity contribution in [3.8, 4) is 5.75 Å². The van der Waals surface area contributed by atoms with Crippen LogP contribution in [0.15, 0.2) is 17.0 Å². The van der Waals surface area contributed by atoms with Crippen molar-refractivity contribution in [3.05, 3.63) is 22.2 Å². The molecule has 0 aliphatic carbocycles. The summed E-state index contributed by atoms with van der Waals surface area (Å²) < 4.78 is 25.0. The average Bonchev–Trinajstić information content (AvgIpc) is 2.22. The Hall–Kier alpha value is -1.02. The number of nitrogens with one attached hydrogen (secondary N) is 1. The third kappa shape index (κ3) is 3.22. The fourth-order valence-electron chi connectivity index (χ4n) is 0.994. The molecule has 94 valence electrons. The Kier molecular flexibility index (Phi) is 4.21. The smallest absolute Gasteiger partial charge is 0.267 e. The van der Waals surface area contributed by atoms with Crippen molar-refractivity contribution in [2.75, 3.05) is 6.54 Å². The molecule has 0 radical (unpaired) electrons. The highest BCUT2D eigenvalue weighted by molar-refractivity contribution is 7.90. The predicted octanol–water partition coefficient (Wildman–Crippen LogP) is 0.463. The molecule has 1 aromatic carbocycles. The first kappa shape index (κ1) is 14.0. The van der Waals surface area contributed by atoms with Crippen LogP contribution in [0.4, 0.5) is 0 Å². The van der Waals surface area contributed by atoms with E-state index in [9.17, 15) is 18.3 Å². The van der Waals surface area contributed by atoms with Crippen LogP contribution in [0.1, 0.15) is 0 Å². The number of hydrogen-bond donors (Lipinski definition) is 3. The maximum Gasteiger partial charge on any atom is 0.267 e. The zero-order valence-electron chi connectivity index (χ0n) is 8.28. The van der Waals surface area contributed by atoms with Gasteiger partial charge in [-0.05, 0) is 12.1 Å². The fraction of sp³-hybridized carbons (Fsp3) is 0.125. The molecule has 0 fully saturated rings. The van der Waals surface area contributed by atoms with Gasteiger partial charge in [-0.15, -0.1) is 0 Å². The van der Waals surface area contributed by atoms with Gasteiger partial charge in [-0.1, -0.05) is 23.2 Å². The SMILES string of the molecule is NCC(=O)NS(=O)(=O)c1cc(Cl)cc(Cl)c1O. The number of rotatable bonds is 3. The first-order valence-corrected chi connectivity index (χ1v) is 6.45. The van der Waals surface area contributed by atoms with Crippen LogP contribution < -0.4 is 10.5 Å². The number of hydrogen-bond acceptors (Lipinski definition) is 5. The van der Waals surface area contributed by atoms with Crippen LogP contribution in [0.5, 0.6) is 5.75 Å². The van der Waals surface area contributed by atoms with Gasteiger partial charge in [-0.3, -0.25) is 4.79 Å². The van der Waals surface area contributed by atoms with E-state index < -0.39 is 33.1 Å². The van der Waals surface area contributed by atoms with Crippen LogP contribution >= 0.6 is 23.2 Å². The zero-order valence-corrected chi connectivity index (χ0v) is 10.6. The van der Waals surface area contributed by atoms with Crippen molar-refractivity contribution in [3.63, 3.8) is 0 Å². The fourth-order valence-corrected chi connectivity index (χ4v) is 2.75. The van der Waals surface area contributed by atoms with E-state index in [2.05, 4.69) is 0 Å². The molecule has 0 heterocycles. The summed E-state index contributed by atoms with van der Waals surface area (Å²) in [6.07, 6.45) is 0. The van der Waals surface area contributed by atoms with E-state index in [4.69, 9.17) is 28.9 Å². The number of phenols is 1. The molecular formula is C8H8Cl2N2O4S. The van der Waals surface area contributed by atoms with Gasteiger partial charge >= 0.3 is 0 Å². The van der Waals surface area contributed by atoms with E-state index in [1.165, 1.54) is 6.07 Å². The van der Waals surface area contributed by atoms with Crippen molar-refractivity contribution in [1.82, 2.24) is 4.72 Å². The Morgan fingerprint density at radius 2 is 2.00 bits per heavy atom. The number of sulfonamides is 1. The third-order valence-corrected chi connectivity index (χ3v) is 3.61. The second kappa shape index (κ2) is 5.09. The lowest BCUT2D eigenvalue weighted by Gasteiger charge is -2.09. The quantitative estimate of drug-likeness (QED) is 0.751. The summed E-state index contributed by atoms with van der Waals surface area (Å²) in [4.78, 5) is 10.3. The number of nitrogens with two attached hydrogens (primary N) is 1. The standard InChI is InChI=1S/C8H8Cl2N2O4S/c9-4-1-5(10)8(14)6(2-4)17(15,16)12-7(13)3-11/h1-2,14H,3,11H2,(H,12,13). The minimum absolute atomic E-state index is 0.00775. The highest BCUT2D eigenvalue weighted by Gasteiger charge is 2.23. The summed E-state index contributed by atoms with van der Waals surface area (Å²) in [7, 11) is -4.25. The molecule has 0 aromatic heterocycles. The number of amides is 1. The lowest BCUT2D eigenvalue weighted by molar-refractivity contribution is -0.118. The largest absolute Gasteiger partial charge is 0.505 e. The van der Waals surface area contributed by atoms with E-state index >= 15 is 0 Å². The molecule has 0 bridgehead atoms. The molecule has 6 nitrogen and oxygen atoms in total. The molecular weight excluding hydrogens is 291 g/mol. The average molecular weight is 299 g/mol. The van der Waals surface area contributed by atoms with Crippen LogP contribution in [-0.4, -0.2) is 26.0 Å². The van der Waals surface area contributed by atoms with E-state index in [-0.39, 0.29) is 10.0 Å². The summed E-state index contributed by atoms with van der Waals surface area (Å²) in [6, 6.07) is 2.14. The summed E-state index contributed by atoms with van der Waals surface area (Å²) in [5, 5.41) is 9.26. The molecule has 0 saturated carbocycles. The van der Waals surface area contributed by atoms with Gasteiger partial charge < -0.3 is 10.8 Å². The molecule has 0 aliphatic rings. The lowest BCUT2D eigenvalue weighted by Crippen LogP contribution is -2.35. The molecule has 17 heavy (non-hydrogen) atoms. The minimum Gasteiger partial charge on any atom is -0.505 e. The van der Waals surface area contributed by atoms with Gasteiger partial charge in [-0.2, -0.15) is 0 Å². The molecule has 4 N–H and O–H groups in total. The summed E-state index contributed by atoms with van der Waals surface area (Å²) in [5.74, 6) is -1.60. The first-order valence-electron chi connectivity index (χ1n) is 4.21. The number of benzene rings is 1. The van der Waals surface area contributed by atoms with E-state index in [1.807, 2.05) is 0 Å². The number of phenolic OH excluding ortho intramolecular Hbond substituents is 1. The highest BCUT2D eigenvalue weighted by atomic mass is 35.5. The van der Waals surface area contributed by atoms with Crippen molar-refractivity contribution in [2.45, 2.75) is 4.90 Å². The van der Waals surface area contributed by atoms with Gasteiger partial charge in [0.05, 0.1) is 11.6 Å². The Labute approximate surface area is 107 Å². The molecule has 1 amide bonds. The van der Waals surface area contributed by atoms with Crippen molar-refractivity contribution in [2.24, 2.45) is 5.73 Å². The topological polar surface area (TPSA) is 109 Å². The lowest BCUT2D eigenvalue weighted by atomic mass is 10.3. The Morgan fingerprint density at radius 1 is 1.41 bits per heavy atom. The van der Waals surface area contributed by atoms with Crippen molar-refractivity contribution in [1.29, 1.82) is 0 Å². The van der Waals surface area contributed by atoms with Gasteiger partial charge in [0.1, 0.15) is 4.90 Å². The predicted molar refractivity (Wildman–Crippen MR) is 62.5 cm³/mol. The van der Waals surface area contributed by atoms with Crippen LogP contribution in [0.3, 0.4) is 0 Å². The van der Waals surface area contributed by atoms with Crippen LogP contribution in [0.25, 0.3) is 0 Å². The number of aromatic hydroxyl groups is 1. The van der Waals surface area contributed by atoms with Gasteiger partial charge in [0.2, 0.25) is 5.91 Å². The normalized spacial score (nSPS) is 11.2. The summed E-state index contributed by atoms with van der Waals surface area (Å²) in [6.45, 7) is -0.506. The maximum absolute atomic E-state index is 11.7. The Bertz CT molecular complexity index is 559. The molecule has 1 aromatic rings. The molecule has 9 heteroatoms. The van der Waals surface area contributed by atoms with Crippen LogP contribution in [-0.2, 0) is 14.8 Å². The van der Waals surface area contributed by atoms with Crippen molar-refractivity contribution < 1.29 is 18.3 Å². The Morgan fingerprint density at radius 3 is 2.53 bits per heavy atom. The molecule has 0 spiro atoms. The Balaban J connectivity index is 3.29. The zero-order chi connectivity index (χ0) is 13.2. The number of halogens is 2. The van der Waals surface area contributed by atoms with Crippen molar-refractivity contribution >= 4 is 39.1 Å². The molecule has 0 atom stereocenters. The van der Waals surface area contributed by atoms with E-state index in [0.717, 1.165) is 6.07 Å². The molecule has 0 saturated heterocycles. The second-order valence-corrected chi connectivity index (χ2v) is 5.46. The number of carbonyl (C=O) groups excluding carboxylic acids is 1. The summed E-state index contributed by atoms with van der Waals surface area (Å²) >= 11 is 11.2. The molecule has 1 rings (SSSR count). The monoisotopic (exact) mass is 298 g/mol. The van der Waals surface area contributed by atoms with Gasteiger partial charge in [-0.25, -0.2) is 13.1 Å². The van der Waals surface area contributed by atoms with E-state index in [1.54, 1.807) is 4.72 Å². The minimum atomic E-state index is -4.25. The third-order valence-electron chi connectivity index (χ3n) is 1.72. The second-order valence-electron chi connectivity index (χ2n) is 2.97. The van der Waals surface area contributed by atoms with Gasteiger partial charge in [0.15, 0.2) is 5.75 Å². The maximum atomic E-state index is 11.7. The van der Waals surface area contributed by atoms with E-state index in [0.29, 0.717) is 0 Å². The molecule has 0 aliphatic heterocycles. The number of carbonyl (C=O) groups is 1. The summed E-state index contributed by atoms with van der Waals surface area (Å²) in [5.41, 5.74) is 4.96. The molecule has 0 unspecified atom stereocenters. The van der Waals surface area contributed by atoms with Gasteiger partial charge in [0, 0.05) is 5.02 Å². The van der Waals surface area contributed by atoms with Gasteiger partial charge in [0.25, 0.3) is 10.0 Å². The first-order chi connectivity index (χ1) is 7.77. The van der Waals surface area contributed by atoms with Crippen LogP contribution in [0.2, 0.25) is 10.0 Å². The highest BCUT2D eigenvalue weighted by Crippen LogP contribution is 2.33.